The van der Waals surface area contributed by atoms with Gasteiger partial charge in [-0.05, 0) is 52.6 Å². The van der Waals surface area contributed by atoms with Crippen LogP contribution in [0.2, 0.25) is 0 Å². The van der Waals surface area contributed by atoms with Crippen molar-refractivity contribution in [2.45, 2.75) is 0 Å². The van der Waals surface area contributed by atoms with Gasteiger partial charge in [0.2, 0.25) is 0 Å². The first-order chi connectivity index (χ1) is 28.2. The SMILES string of the molecule is c1ccc(-c2nc(-c3ccccc3)nc(-c3cccc(-c4ccc(-c5ccc6c(c5)nc(-c5ccccc5)c5ccc7oc8ccccc8c7c56)cc4)c3)n2)cc1. The summed E-state index contributed by atoms with van der Waals surface area (Å²) in [6, 6.07) is 66.9. The van der Waals surface area contributed by atoms with Crippen molar-refractivity contribution < 1.29 is 4.42 Å². The van der Waals surface area contributed by atoms with Gasteiger partial charge in [-0.1, -0.05) is 164 Å². The minimum absolute atomic E-state index is 0.632. The van der Waals surface area contributed by atoms with Gasteiger partial charge in [-0.15, -0.1) is 0 Å². The predicted molar refractivity (Wildman–Crippen MR) is 233 cm³/mol. The second-order valence-corrected chi connectivity index (χ2v) is 14.2. The number of aromatic nitrogens is 4. The van der Waals surface area contributed by atoms with E-state index in [0.717, 1.165) is 93.8 Å². The maximum atomic E-state index is 6.35. The zero-order valence-corrected chi connectivity index (χ0v) is 30.7. The number of pyridine rings is 1. The van der Waals surface area contributed by atoms with Crippen LogP contribution < -0.4 is 0 Å². The van der Waals surface area contributed by atoms with Gasteiger partial charge in [0.15, 0.2) is 17.5 Å². The lowest BCUT2D eigenvalue weighted by Crippen LogP contribution is -2.00. The van der Waals surface area contributed by atoms with Crippen molar-refractivity contribution in [3.05, 3.63) is 194 Å². The molecule has 0 bridgehead atoms. The Balaban J connectivity index is 0.991. The Kier molecular flexibility index (Phi) is 7.74. The molecule has 11 aromatic rings. The Morgan fingerprint density at radius 1 is 0.281 bits per heavy atom. The molecular weight excluding hydrogens is 697 g/mol. The summed E-state index contributed by atoms with van der Waals surface area (Å²) in [5.41, 5.74) is 12.0. The Morgan fingerprint density at radius 3 is 1.46 bits per heavy atom. The summed E-state index contributed by atoms with van der Waals surface area (Å²) >= 11 is 0. The maximum Gasteiger partial charge on any atom is 0.164 e. The fraction of sp³-hybridized carbons (Fsp3) is 0. The fourth-order valence-electron chi connectivity index (χ4n) is 7.94. The summed E-state index contributed by atoms with van der Waals surface area (Å²) < 4.78 is 6.35. The van der Waals surface area contributed by atoms with E-state index in [4.69, 9.17) is 24.4 Å². The normalized spacial score (nSPS) is 11.5. The number of hydrogen-bond acceptors (Lipinski definition) is 5. The van der Waals surface area contributed by atoms with E-state index < -0.39 is 0 Å². The predicted octanol–water partition coefficient (Wildman–Crippen LogP) is 13.5. The Hall–Kier alpha value is -7.76. The Bertz CT molecular complexity index is 3210. The monoisotopic (exact) mass is 728 g/mol. The average molecular weight is 729 g/mol. The van der Waals surface area contributed by atoms with Crippen LogP contribution in [0, 0.1) is 0 Å². The Labute approximate surface area is 328 Å². The number of furan rings is 1. The van der Waals surface area contributed by atoms with Crippen molar-refractivity contribution in [3.8, 4) is 67.7 Å². The van der Waals surface area contributed by atoms with Crippen LogP contribution in [0.4, 0.5) is 0 Å². The standard InChI is InChI=1S/C52H32N4O/c1-4-13-35(14-5-1)49-43-29-30-46-48(42-21-10-11-22-45(42)57-46)47(43)41-28-27-39(32-44(41)53-49)34-25-23-33(24-26-34)38-19-12-20-40(31-38)52-55-50(36-15-6-2-7-16-36)54-51(56-52)37-17-8-3-9-18-37/h1-32H. The zero-order valence-electron chi connectivity index (χ0n) is 30.7. The van der Waals surface area contributed by atoms with Crippen LogP contribution >= 0.6 is 0 Å². The van der Waals surface area contributed by atoms with Gasteiger partial charge >= 0.3 is 0 Å². The van der Waals surface area contributed by atoms with Crippen LogP contribution in [0.3, 0.4) is 0 Å². The van der Waals surface area contributed by atoms with Crippen molar-refractivity contribution >= 4 is 43.6 Å². The molecule has 0 atom stereocenters. The molecule has 266 valence electrons. The minimum atomic E-state index is 0.632. The lowest BCUT2D eigenvalue weighted by atomic mass is 9.94. The van der Waals surface area contributed by atoms with Crippen LogP contribution in [-0.4, -0.2) is 19.9 Å². The number of benzene rings is 8. The minimum Gasteiger partial charge on any atom is -0.456 e. The quantitative estimate of drug-likeness (QED) is 0.160. The summed E-state index contributed by atoms with van der Waals surface area (Å²) in [5.74, 6) is 1.92. The molecule has 8 aromatic carbocycles. The summed E-state index contributed by atoms with van der Waals surface area (Å²) in [7, 11) is 0. The molecule has 0 radical (unpaired) electrons. The zero-order chi connectivity index (χ0) is 37.7. The van der Waals surface area contributed by atoms with Gasteiger partial charge in [0.05, 0.1) is 11.2 Å². The first kappa shape index (κ1) is 32.7. The van der Waals surface area contributed by atoms with Crippen molar-refractivity contribution in [2.75, 3.05) is 0 Å². The number of nitrogens with zero attached hydrogens (tertiary/aromatic N) is 4. The van der Waals surface area contributed by atoms with Crippen molar-refractivity contribution in [2.24, 2.45) is 0 Å². The topological polar surface area (TPSA) is 64.7 Å². The van der Waals surface area contributed by atoms with E-state index in [1.54, 1.807) is 0 Å². The molecule has 57 heavy (non-hydrogen) atoms. The smallest absolute Gasteiger partial charge is 0.164 e. The Morgan fingerprint density at radius 2 is 0.789 bits per heavy atom. The highest BCUT2D eigenvalue weighted by molar-refractivity contribution is 6.28. The van der Waals surface area contributed by atoms with Crippen molar-refractivity contribution in [3.63, 3.8) is 0 Å². The summed E-state index contributed by atoms with van der Waals surface area (Å²) in [4.78, 5) is 20.1. The molecule has 5 heteroatoms. The van der Waals surface area contributed by atoms with Crippen LogP contribution in [-0.2, 0) is 0 Å². The molecule has 0 saturated heterocycles. The van der Waals surface area contributed by atoms with E-state index in [1.807, 2.05) is 78.9 Å². The molecular formula is C52H32N4O. The second kappa shape index (κ2) is 13.5. The molecule has 0 amide bonds. The van der Waals surface area contributed by atoms with E-state index in [-0.39, 0.29) is 0 Å². The van der Waals surface area contributed by atoms with Crippen molar-refractivity contribution in [1.82, 2.24) is 19.9 Å². The first-order valence-corrected chi connectivity index (χ1v) is 19.0. The molecule has 0 aliphatic rings. The molecule has 0 saturated carbocycles. The summed E-state index contributed by atoms with van der Waals surface area (Å²) in [6.45, 7) is 0. The molecule has 0 fully saturated rings. The van der Waals surface area contributed by atoms with E-state index in [9.17, 15) is 0 Å². The van der Waals surface area contributed by atoms with Crippen LogP contribution in [0.15, 0.2) is 199 Å². The van der Waals surface area contributed by atoms with Gasteiger partial charge in [0, 0.05) is 49.2 Å². The summed E-state index contributed by atoms with van der Waals surface area (Å²) in [6.07, 6.45) is 0. The molecule has 0 spiro atoms. The van der Waals surface area contributed by atoms with Crippen LogP contribution in [0.25, 0.3) is 111 Å². The summed E-state index contributed by atoms with van der Waals surface area (Å²) in [5, 5.41) is 5.60. The molecule has 0 aliphatic heterocycles. The van der Waals surface area contributed by atoms with Crippen molar-refractivity contribution in [1.29, 1.82) is 0 Å². The molecule has 0 unspecified atom stereocenters. The number of rotatable bonds is 6. The van der Waals surface area contributed by atoms with E-state index in [2.05, 4.69) is 115 Å². The third-order valence-electron chi connectivity index (χ3n) is 10.7. The van der Waals surface area contributed by atoms with Gasteiger partial charge in [-0.3, -0.25) is 0 Å². The van der Waals surface area contributed by atoms with E-state index in [0.29, 0.717) is 17.5 Å². The van der Waals surface area contributed by atoms with Crippen LogP contribution in [0.5, 0.6) is 0 Å². The first-order valence-electron chi connectivity index (χ1n) is 19.0. The largest absolute Gasteiger partial charge is 0.456 e. The molecule has 5 nitrogen and oxygen atoms in total. The molecule has 3 heterocycles. The fourth-order valence-corrected chi connectivity index (χ4v) is 7.94. The average Bonchev–Trinajstić information content (AvgIpc) is 3.68. The van der Waals surface area contributed by atoms with Gasteiger partial charge in [-0.25, -0.2) is 19.9 Å². The molecule has 3 aromatic heterocycles. The third-order valence-corrected chi connectivity index (χ3v) is 10.7. The lowest BCUT2D eigenvalue weighted by Gasteiger charge is -2.13. The van der Waals surface area contributed by atoms with Gasteiger partial charge in [0.25, 0.3) is 0 Å². The molecule has 0 aliphatic carbocycles. The maximum absolute atomic E-state index is 6.35. The molecule has 11 rings (SSSR count). The van der Waals surface area contributed by atoms with Crippen LogP contribution in [0.1, 0.15) is 0 Å². The second-order valence-electron chi connectivity index (χ2n) is 14.2. The van der Waals surface area contributed by atoms with Gasteiger partial charge in [0.1, 0.15) is 11.2 Å². The van der Waals surface area contributed by atoms with Gasteiger partial charge in [-0.2, -0.15) is 0 Å². The highest BCUT2D eigenvalue weighted by Gasteiger charge is 2.18. The third kappa shape index (κ3) is 5.81. The van der Waals surface area contributed by atoms with E-state index in [1.165, 1.54) is 0 Å². The molecule has 0 N–H and O–H groups in total. The highest BCUT2D eigenvalue weighted by atomic mass is 16.3. The number of fused-ring (bicyclic) bond motifs is 7. The van der Waals surface area contributed by atoms with E-state index >= 15 is 0 Å². The number of hydrogen-bond donors (Lipinski definition) is 0. The lowest BCUT2D eigenvalue weighted by molar-refractivity contribution is 0.669. The highest BCUT2D eigenvalue weighted by Crippen LogP contribution is 2.42. The van der Waals surface area contributed by atoms with Gasteiger partial charge < -0.3 is 4.42 Å². The number of para-hydroxylation sites is 1.